The van der Waals surface area contributed by atoms with Gasteiger partial charge < -0.3 is 15.5 Å². The summed E-state index contributed by atoms with van der Waals surface area (Å²) < 4.78 is 27.1. The number of carbonyl (C=O) groups is 4. The zero-order valence-corrected chi connectivity index (χ0v) is 31.7. The van der Waals surface area contributed by atoms with Crippen molar-refractivity contribution in [3.05, 3.63) is 0 Å². The number of Topliss-reactive ketones (excluding diaryl/α,β-unsaturated/α-hetero) is 1. The molecule has 9 nitrogen and oxygen atoms in total. The number of rotatable bonds is 12. The third kappa shape index (κ3) is 7.35. The van der Waals surface area contributed by atoms with Crippen LogP contribution in [0, 0.1) is 46.3 Å². The van der Waals surface area contributed by atoms with Crippen molar-refractivity contribution in [2.24, 2.45) is 34.0 Å². The van der Waals surface area contributed by atoms with Gasteiger partial charge in [-0.05, 0) is 100 Å². The Hall–Kier alpha value is -2.41. The molecule has 10 heteroatoms. The van der Waals surface area contributed by atoms with Crippen molar-refractivity contribution in [3.8, 4) is 12.3 Å². The van der Waals surface area contributed by atoms with Gasteiger partial charge in [-0.1, -0.05) is 59.3 Å². The lowest BCUT2D eigenvalue weighted by molar-refractivity contribution is -0.156. The normalized spacial score (nSPS) is 28.6. The van der Waals surface area contributed by atoms with Crippen molar-refractivity contribution in [2.45, 2.75) is 161 Å². The Kier molecular flexibility index (Phi) is 10.8. The van der Waals surface area contributed by atoms with Gasteiger partial charge in [-0.3, -0.25) is 19.2 Å². The van der Waals surface area contributed by atoms with Crippen LogP contribution in [0.15, 0.2) is 0 Å². The molecule has 0 aromatic carbocycles. The topological polar surface area (TPSA) is 130 Å². The number of hydrogen-bond acceptors (Lipinski definition) is 6. The molecule has 1 heterocycles. The number of nitrogens with one attached hydrogen (secondary N) is 2. The number of terminal acetylenes is 1. The minimum Gasteiger partial charge on any atom is -0.347 e. The molecule has 3 amide bonds. The maximum Gasteiger partial charge on any atom is 0.289 e. The number of carbonyl (C=O) groups excluding carboxylic acids is 4. The summed E-state index contributed by atoms with van der Waals surface area (Å²) in [5, 5.41) is 5.70. The Morgan fingerprint density at radius 1 is 0.918 bits per heavy atom. The second-order valence-electron chi connectivity index (χ2n) is 18.1. The molecule has 5 fully saturated rings. The van der Waals surface area contributed by atoms with Crippen LogP contribution in [0.2, 0.25) is 0 Å². The third-order valence-electron chi connectivity index (χ3n) is 13.4. The summed E-state index contributed by atoms with van der Waals surface area (Å²) in [5.41, 5.74) is -1.28. The van der Waals surface area contributed by atoms with Crippen LogP contribution in [0.4, 0.5) is 0 Å². The molecule has 0 aromatic heterocycles. The highest BCUT2D eigenvalue weighted by Gasteiger charge is 2.70. The Bertz CT molecular complexity index is 1440. The number of hydrogen-bond donors (Lipinski definition) is 2. The number of amides is 3. The van der Waals surface area contributed by atoms with Crippen molar-refractivity contribution >= 4 is 33.3 Å². The fourth-order valence-electron chi connectivity index (χ4n) is 10.0. The molecule has 2 N–H and O–H groups in total. The van der Waals surface area contributed by atoms with Crippen LogP contribution < -0.4 is 10.6 Å². The summed E-state index contributed by atoms with van der Waals surface area (Å²) in [6.45, 7) is 12.1. The van der Waals surface area contributed by atoms with Crippen molar-refractivity contribution < 1.29 is 27.6 Å². The first-order valence-corrected chi connectivity index (χ1v) is 20.7. The van der Waals surface area contributed by atoms with Gasteiger partial charge in [0.25, 0.3) is 5.91 Å². The van der Waals surface area contributed by atoms with E-state index in [9.17, 15) is 22.8 Å². The van der Waals surface area contributed by atoms with E-state index >= 15 is 4.79 Å². The predicted molar refractivity (Wildman–Crippen MR) is 191 cm³/mol. The summed E-state index contributed by atoms with van der Waals surface area (Å²) in [6, 6.07) is -1.92. The van der Waals surface area contributed by atoms with Crippen molar-refractivity contribution in [3.63, 3.8) is 0 Å². The zero-order valence-electron chi connectivity index (χ0n) is 30.9. The van der Waals surface area contributed by atoms with Gasteiger partial charge in [0.15, 0.2) is 9.84 Å². The van der Waals surface area contributed by atoms with E-state index in [2.05, 4.69) is 37.3 Å². The standard InChI is InChI=1S/C39H61N3O6S/c1-8-9-19-28(31(43)34(45)40-26-17-16-18-26)41-33(44)30-29-27(37(29,5)6)24-42(30)35(46)32(38(7)20-12-10-13-21-38)39(22-14-11-15-23-39)25-49(47,48)36(2,3)4/h1,26-30,32H,9-25H2,2-7H3,(H,40,45)(H,41,44)/t27-,28?,29?,30-,32?/m0/s1. The Morgan fingerprint density at radius 2 is 1.51 bits per heavy atom. The first-order valence-electron chi connectivity index (χ1n) is 19.0. The van der Waals surface area contributed by atoms with Crippen LogP contribution >= 0.6 is 0 Å². The van der Waals surface area contributed by atoms with Crippen LogP contribution in [0.3, 0.4) is 0 Å². The van der Waals surface area contributed by atoms with Crippen molar-refractivity contribution in [1.82, 2.24) is 15.5 Å². The van der Waals surface area contributed by atoms with Gasteiger partial charge in [0.1, 0.15) is 6.04 Å². The summed E-state index contributed by atoms with van der Waals surface area (Å²) in [6.07, 6.45) is 17.5. The lowest BCUT2D eigenvalue weighted by Gasteiger charge is -2.53. The Labute approximate surface area is 295 Å². The highest BCUT2D eigenvalue weighted by molar-refractivity contribution is 7.92. The molecule has 4 saturated carbocycles. The smallest absolute Gasteiger partial charge is 0.289 e. The molecule has 5 atom stereocenters. The molecule has 274 valence electrons. The number of nitrogens with zero attached hydrogens (tertiary/aromatic N) is 1. The molecule has 5 aliphatic rings. The number of piperidine rings is 1. The van der Waals surface area contributed by atoms with E-state index in [1.165, 1.54) is 0 Å². The van der Waals surface area contributed by atoms with E-state index in [-0.39, 0.29) is 47.8 Å². The average Bonchev–Trinajstić information content (AvgIpc) is 3.31. The zero-order chi connectivity index (χ0) is 36.0. The highest BCUT2D eigenvalue weighted by Crippen LogP contribution is 2.66. The number of ketones is 1. The summed E-state index contributed by atoms with van der Waals surface area (Å²) >= 11 is 0. The maximum absolute atomic E-state index is 15.4. The van der Waals surface area contributed by atoms with Gasteiger partial charge in [0, 0.05) is 19.0 Å². The van der Waals surface area contributed by atoms with Gasteiger partial charge >= 0.3 is 0 Å². The Morgan fingerprint density at radius 3 is 2.04 bits per heavy atom. The average molecular weight is 700 g/mol. The molecule has 0 radical (unpaired) electrons. The summed E-state index contributed by atoms with van der Waals surface area (Å²) in [5.74, 6) is 0.0400. The number of sulfone groups is 1. The van der Waals surface area contributed by atoms with Crippen molar-refractivity contribution in [1.29, 1.82) is 0 Å². The first kappa shape index (κ1) is 37.8. The van der Waals surface area contributed by atoms with Gasteiger partial charge in [0.05, 0.1) is 22.5 Å². The second kappa shape index (κ2) is 14.0. The third-order valence-corrected chi connectivity index (χ3v) is 16.3. The lowest BCUT2D eigenvalue weighted by Crippen LogP contribution is -2.60. The van der Waals surface area contributed by atoms with E-state index in [0.29, 0.717) is 19.4 Å². The van der Waals surface area contributed by atoms with Gasteiger partial charge in [-0.15, -0.1) is 12.3 Å². The molecule has 1 aliphatic heterocycles. The fraction of sp³-hybridized carbons (Fsp3) is 0.846. The summed E-state index contributed by atoms with van der Waals surface area (Å²) in [4.78, 5) is 57.9. The van der Waals surface area contributed by atoms with E-state index in [0.717, 1.165) is 70.6 Å². The molecule has 4 aliphatic carbocycles. The molecule has 0 spiro atoms. The minimum absolute atomic E-state index is 0.0244. The fourth-order valence-corrected chi connectivity index (χ4v) is 11.7. The van der Waals surface area contributed by atoms with E-state index in [1.54, 1.807) is 25.7 Å². The van der Waals surface area contributed by atoms with Crippen LogP contribution in [-0.2, 0) is 29.0 Å². The maximum atomic E-state index is 15.4. The Balaban J connectivity index is 1.49. The largest absolute Gasteiger partial charge is 0.347 e. The monoisotopic (exact) mass is 699 g/mol. The van der Waals surface area contributed by atoms with Gasteiger partial charge in [-0.25, -0.2) is 8.42 Å². The SMILES string of the molecule is C#CCCC(NC(=O)[C@@H]1C2[C@H](CN1C(=O)C(C1(C)CCCCC1)C1(CS(=O)(=O)C(C)(C)C)CCCCC1)C2(C)C)C(=O)C(=O)NC1CCC1. The van der Waals surface area contributed by atoms with E-state index in [1.807, 2.05) is 0 Å². The van der Waals surface area contributed by atoms with Crippen molar-refractivity contribution in [2.75, 3.05) is 12.3 Å². The number of fused-ring (bicyclic) bond motifs is 1. The predicted octanol–water partition coefficient (Wildman–Crippen LogP) is 5.36. The highest BCUT2D eigenvalue weighted by atomic mass is 32.2. The van der Waals surface area contributed by atoms with Gasteiger partial charge in [-0.2, -0.15) is 0 Å². The van der Waals surface area contributed by atoms with Crippen LogP contribution in [-0.4, -0.2) is 72.0 Å². The lowest BCUT2D eigenvalue weighted by atomic mass is 9.54. The molecule has 49 heavy (non-hydrogen) atoms. The molecule has 5 rings (SSSR count). The van der Waals surface area contributed by atoms with E-state index < -0.39 is 61.0 Å². The second-order valence-corrected chi connectivity index (χ2v) is 20.8. The summed E-state index contributed by atoms with van der Waals surface area (Å²) in [7, 11) is -3.56. The molecule has 0 bridgehead atoms. The minimum atomic E-state index is -3.56. The number of likely N-dealkylation sites (tertiary alicyclic amines) is 1. The van der Waals surface area contributed by atoms with Crippen LogP contribution in [0.1, 0.15) is 138 Å². The molecule has 1 saturated heterocycles. The van der Waals surface area contributed by atoms with Crippen LogP contribution in [0.5, 0.6) is 0 Å². The van der Waals surface area contributed by atoms with E-state index in [4.69, 9.17) is 6.42 Å². The molecule has 0 aromatic rings. The molecular formula is C39H61N3O6S. The molecular weight excluding hydrogens is 639 g/mol. The first-order chi connectivity index (χ1) is 22.9. The van der Waals surface area contributed by atoms with Gasteiger partial charge in [0.2, 0.25) is 17.6 Å². The van der Waals surface area contributed by atoms with Crippen LogP contribution in [0.25, 0.3) is 0 Å². The quantitative estimate of drug-likeness (QED) is 0.209. The molecule has 3 unspecified atom stereocenters.